The maximum Gasteiger partial charge on any atom is -0.0162 e. The van der Waals surface area contributed by atoms with Crippen LogP contribution in [0.4, 0.5) is 0 Å². The fourth-order valence-corrected chi connectivity index (χ4v) is 16.6. The second-order valence-corrected chi connectivity index (χ2v) is 24.6. The second kappa shape index (κ2) is 32.2. The molecule has 5 saturated carbocycles. The lowest BCUT2D eigenvalue weighted by Crippen LogP contribution is -2.34. The molecule has 1 aromatic rings. The lowest BCUT2D eigenvalue weighted by atomic mass is 9.59. The first-order valence-electron chi connectivity index (χ1n) is 31.2. The lowest BCUT2D eigenvalue weighted by molar-refractivity contribution is 0.0502. The van der Waals surface area contributed by atoms with Crippen molar-refractivity contribution in [3.05, 3.63) is 35.4 Å². The van der Waals surface area contributed by atoms with Crippen LogP contribution in [0.1, 0.15) is 338 Å². The van der Waals surface area contributed by atoms with Crippen LogP contribution in [0.2, 0.25) is 0 Å². The van der Waals surface area contributed by atoms with Crippen LogP contribution in [0.5, 0.6) is 0 Å². The third kappa shape index (κ3) is 18.4. The SMILES string of the molecule is CC.CCCC1(CCC)CCC(C2CCC(CC)CC2)CC1.CCCC1(CCC)CCC(C2CCC(CCC)(CCC)CC2)CC1.CCCC1(CCC)CCC(c2ccc(CC)cc2)CC1. The number of hydrogen-bond acceptors (Lipinski definition) is 0. The van der Waals surface area contributed by atoms with E-state index in [9.17, 15) is 0 Å². The van der Waals surface area contributed by atoms with Crippen LogP contribution in [0, 0.1) is 51.2 Å². The molecule has 0 N–H and O–H groups in total. The molecule has 0 amide bonds. The first kappa shape index (κ1) is 59.5. The van der Waals surface area contributed by atoms with Crippen LogP contribution in [-0.4, -0.2) is 0 Å². The van der Waals surface area contributed by atoms with Crippen molar-refractivity contribution in [1.29, 1.82) is 0 Å². The lowest BCUT2D eigenvalue weighted by Gasteiger charge is -2.47. The minimum absolute atomic E-state index is 0.684. The molecule has 0 heterocycles. The summed E-state index contributed by atoms with van der Waals surface area (Å²) in [5, 5.41) is 0. The van der Waals surface area contributed by atoms with Crippen molar-refractivity contribution in [1.82, 2.24) is 0 Å². The first-order valence-corrected chi connectivity index (χ1v) is 31.2. The highest BCUT2D eigenvalue weighted by molar-refractivity contribution is 5.26. The van der Waals surface area contributed by atoms with Gasteiger partial charge in [-0.05, 0) is 242 Å². The number of aryl methyl sites for hydroxylation is 1. The van der Waals surface area contributed by atoms with Gasteiger partial charge in [0.1, 0.15) is 0 Å². The highest BCUT2D eigenvalue weighted by atomic mass is 14.5. The van der Waals surface area contributed by atoms with Crippen molar-refractivity contribution in [2.45, 2.75) is 333 Å². The van der Waals surface area contributed by atoms with Crippen LogP contribution in [0.3, 0.4) is 0 Å². The Bertz CT molecular complexity index is 1210. The van der Waals surface area contributed by atoms with E-state index in [4.69, 9.17) is 0 Å². The summed E-state index contributed by atoms with van der Waals surface area (Å²) >= 11 is 0. The minimum atomic E-state index is 0.684. The van der Waals surface area contributed by atoms with Crippen LogP contribution in [0.15, 0.2) is 24.3 Å². The molecule has 0 radical (unpaired) electrons. The Labute approximate surface area is 417 Å². The summed E-state index contributed by atoms with van der Waals surface area (Å²) in [4.78, 5) is 0. The van der Waals surface area contributed by atoms with Gasteiger partial charge in [0, 0.05) is 0 Å². The molecule has 0 nitrogen and oxygen atoms in total. The molecule has 6 rings (SSSR count). The van der Waals surface area contributed by atoms with Gasteiger partial charge in [-0.1, -0.05) is 178 Å². The van der Waals surface area contributed by atoms with E-state index < -0.39 is 0 Å². The maximum atomic E-state index is 2.39. The van der Waals surface area contributed by atoms with E-state index in [1.807, 2.05) is 13.8 Å². The fourth-order valence-electron chi connectivity index (χ4n) is 16.6. The van der Waals surface area contributed by atoms with Crippen molar-refractivity contribution < 1.29 is 0 Å². The van der Waals surface area contributed by atoms with E-state index in [2.05, 4.69) is 93.5 Å². The highest BCUT2D eigenvalue weighted by Crippen LogP contribution is 2.54. The molecule has 0 aromatic heterocycles. The van der Waals surface area contributed by atoms with E-state index in [0.29, 0.717) is 5.41 Å². The van der Waals surface area contributed by atoms with E-state index in [1.165, 1.54) is 153 Å². The standard InChI is InChI=1S/C24H46.C20H38.C20H32.C2H6/c1-5-13-23(14-6-2)17-9-21(10-18-23)22-11-19-24(15-7-3,16-8-4)20-12-22;2*1-4-13-20(14-5-2)15-11-19(12-16-20)18-9-7-17(6-3)8-10-18;1-2/h21-22H,5-20H2,1-4H3;17-19H,4-16H2,1-3H3;7-10,19H,4-6,11-16H2,1-3H3;1-2H3. The predicted molar refractivity (Wildman–Crippen MR) is 299 cm³/mol. The van der Waals surface area contributed by atoms with Crippen molar-refractivity contribution >= 4 is 0 Å². The van der Waals surface area contributed by atoms with Gasteiger partial charge in [-0.15, -0.1) is 0 Å². The summed E-state index contributed by atoms with van der Waals surface area (Å²) in [6, 6.07) is 9.43. The Morgan fingerprint density at radius 2 is 0.591 bits per heavy atom. The molecule has 0 aliphatic heterocycles. The van der Waals surface area contributed by atoms with Gasteiger partial charge in [-0.3, -0.25) is 0 Å². The molecule has 66 heavy (non-hydrogen) atoms. The summed E-state index contributed by atoms with van der Waals surface area (Å²) in [7, 11) is 0. The molecule has 0 unspecified atom stereocenters. The molecule has 0 spiro atoms. The molecular weight excluding hydrogens is 793 g/mol. The molecule has 386 valence electrons. The van der Waals surface area contributed by atoms with Gasteiger partial charge in [0.05, 0.1) is 0 Å². The minimum Gasteiger partial charge on any atom is -0.0683 e. The molecule has 0 heteroatoms. The molecular formula is C66H122. The molecule has 0 saturated heterocycles. The van der Waals surface area contributed by atoms with Gasteiger partial charge < -0.3 is 0 Å². The Morgan fingerprint density at radius 1 is 0.333 bits per heavy atom. The third-order valence-corrected chi connectivity index (χ3v) is 20.2. The van der Waals surface area contributed by atoms with Crippen LogP contribution < -0.4 is 0 Å². The van der Waals surface area contributed by atoms with E-state index >= 15 is 0 Å². The van der Waals surface area contributed by atoms with Gasteiger partial charge >= 0.3 is 0 Å². The van der Waals surface area contributed by atoms with Crippen LogP contribution in [-0.2, 0) is 6.42 Å². The van der Waals surface area contributed by atoms with Crippen LogP contribution in [0.25, 0.3) is 0 Å². The smallest absolute Gasteiger partial charge is 0.0162 e. The highest BCUT2D eigenvalue weighted by Gasteiger charge is 2.41. The quantitative estimate of drug-likeness (QED) is 0.115. The van der Waals surface area contributed by atoms with Crippen molar-refractivity contribution in [2.75, 3.05) is 0 Å². The fraction of sp³-hybridized carbons (Fsp3) is 0.909. The molecule has 0 bridgehead atoms. The average molecular weight is 916 g/mol. The Balaban J connectivity index is 0.000000259. The Morgan fingerprint density at radius 3 is 0.833 bits per heavy atom. The molecule has 5 aliphatic carbocycles. The molecule has 1 aromatic carbocycles. The topological polar surface area (TPSA) is 0 Å². The Kier molecular flexibility index (Phi) is 29.1. The zero-order valence-electron chi connectivity index (χ0n) is 47.6. The summed E-state index contributed by atoms with van der Waals surface area (Å²) in [5.74, 6) is 6.23. The summed E-state index contributed by atoms with van der Waals surface area (Å²) in [6.07, 6.45) is 56.0. The number of benzene rings is 1. The van der Waals surface area contributed by atoms with Gasteiger partial charge in [0.2, 0.25) is 0 Å². The van der Waals surface area contributed by atoms with Gasteiger partial charge in [0.15, 0.2) is 0 Å². The van der Waals surface area contributed by atoms with Gasteiger partial charge in [0.25, 0.3) is 0 Å². The zero-order valence-corrected chi connectivity index (χ0v) is 47.6. The predicted octanol–water partition coefficient (Wildman–Crippen LogP) is 23.0. The van der Waals surface area contributed by atoms with E-state index in [0.717, 1.165) is 58.2 Å². The first-order chi connectivity index (χ1) is 32.1. The average Bonchev–Trinajstić information content (AvgIpc) is 3.34. The monoisotopic (exact) mass is 915 g/mol. The van der Waals surface area contributed by atoms with Crippen molar-refractivity contribution in [3.8, 4) is 0 Å². The normalized spacial score (nSPS) is 24.5. The summed E-state index contributed by atoms with van der Waals surface area (Å²) in [6.45, 7) is 27.7. The van der Waals surface area contributed by atoms with Gasteiger partial charge in [-0.2, -0.15) is 0 Å². The number of rotatable bonds is 21. The Hall–Kier alpha value is -0.780. The molecule has 5 aliphatic rings. The molecule has 0 atom stereocenters. The van der Waals surface area contributed by atoms with Crippen molar-refractivity contribution in [2.24, 2.45) is 51.2 Å². The van der Waals surface area contributed by atoms with E-state index in [1.54, 1.807) is 95.5 Å². The zero-order chi connectivity index (χ0) is 48.3. The summed E-state index contributed by atoms with van der Waals surface area (Å²) < 4.78 is 0. The van der Waals surface area contributed by atoms with Gasteiger partial charge in [-0.25, -0.2) is 0 Å². The maximum absolute atomic E-state index is 2.39. The second-order valence-electron chi connectivity index (χ2n) is 24.6. The number of hydrogen-bond donors (Lipinski definition) is 0. The summed E-state index contributed by atoms with van der Waals surface area (Å²) in [5.41, 5.74) is 5.97. The molecule has 5 fully saturated rings. The van der Waals surface area contributed by atoms with E-state index in [-0.39, 0.29) is 0 Å². The van der Waals surface area contributed by atoms with Crippen molar-refractivity contribution in [3.63, 3.8) is 0 Å². The third-order valence-electron chi connectivity index (χ3n) is 20.2. The largest absolute Gasteiger partial charge is 0.0683 e. The van der Waals surface area contributed by atoms with Crippen LogP contribution >= 0.6 is 0 Å².